The second-order valence-electron chi connectivity index (χ2n) is 3.77. The van der Waals surface area contributed by atoms with E-state index in [0.29, 0.717) is 5.82 Å². The minimum Gasteiger partial charge on any atom is -0.380 e. The molecule has 4 heteroatoms. The maximum atomic E-state index is 5.68. The van der Waals surface area contributed by atoms with Crippen LogP contribution >= 0.6 is 22.6 Å². The predicted molar refractivity (Wildman–Crippen MR) is 76.6 cm³/mol. The van der Waals surface area contributed by atoms with E-state index < -0.39 is 0 Å². The van der Waals surface area contributed by atoms with Crippen LogP contribution in [0.25, 0.3) is 22.1 Å². The third-order valence-electron chi connectivity index (χ3n) is 2.67. The van der Waals surface area contributed by atoms with Gasteiger partial charge in [-0.25, -0.2) is 0 Å². The highest BCUT2D eigenvalue weighted by Crippen LogP contribution is 2.30. The lowest BCUT2D eigenvalue weighted by Gasteiger charge is -2.00. The van der Waals surface area contributed by atoms with E-state index in [1.54, 1.807) is 0 Å². The summed E-state index contributed by atoms with van der Waals surface area (Å²) >= 11 is 2.15. The quantitative estimate of drug-likeness (QED) is 0.690. The smallest absolute Gasteiger partial charge is 0.182 e. The molecule has 0 spiro atoms. The second-order valence-corrected chi connectivity index (χ2v) is 4.85. The van der Waals surface area contributed by atoms with Crippen LogP contribution in [0.4, 0.5) is 5.82 Å². The van der Waals surface area contributed by atoms with Crippen molar-refractivity contribution in [3.8, 4) is 11.3 Å². The fraction of sp³-hybridized carbons (Fsp3) is 0. The molecule has 0 unspecified atom stereocenters. The summed E-state index contributed by atoms with van der Waals surface area (Å²) in [4.78, 5) is 0. The van der Waals surface area contributed by atoms with E-state index in [-0.39, 0.29) is 0 Å². The maximum Gasteiger partial charge on any atom is 0.182 e. The van der Waals surface area contributed by atoms with Crippen LogP contribution in [-0.2, 0) is 0 Å². The van der Waals surface area contributed by atoms with Gasteiger partial charge in [-0.2, -0.15) is 0 Å². The number of aromatic nitrogens is 1. The van der Waals surface area contributed by atoms with Gasteiger partial charge in [0.05, 0.1) is 0 Å². The van der Waals surface area contributed by atoms with E-state index >= 15 is 0 Å². The van der Waals surface area contributed by atoms with Crippen LogP contribution in [0.3, 0.4) is 0 Å². The number of nitrogen functional groups attached to an aromatic ring is 1. The Balaban J connectivity index is 2.21. The summed E-state index contributed by atoms with van der Waals surface area (Å²) in [5.41, 5.74) is 6.68. The zero-order valence-electron chi connectivity index (χ0n) is 8.85. The van der Waals surface area contributed by atoms with Crippen molar-refractivity contribution in [3.05, 3.63) is 46.0 Å². The van der Waals surface area contributed by atoms with Gasteiger partial charge in [-0.3, -0.25) is 0 Å². The van der Waals surface area contributed by atoms with Crippen molar-refractivity contribution in [2.24, 2.45) is 0 Å². The zero-order valence-corrected chi connectivity index (χ0v) is 11.0. The molecule has 3 rings (SSSR count). The van der Waals surface area contributed by atoms with Crippen molar-refractivity contribution in [1.29, 1.82) is 0 Å². The third kappa shape index (κ3) is 1.78. The molecule has 0 aliphatic carbocycles. The van der Waals surface area contributed by atoms with Gasteiger partial charge in [-0.05, 0) is 39.4 Å². The molecule has 0 bridgehead atoms. The lowest BCUT2D eigenvalue weighted by molar-refractivity contribution is 0.435. The molecule has 0 saturated carbocycles. The molecular weight excluding hydrogens is 327 g/mol. The number of rotatable bonds is 1. The first-order valence-electron chi connectivity index (χ1n) is 5.15. The zero-order chi connectivity index (χ0) is 11.8. The summed E-state index contributed by atoms with van der Waals surface area (Å²) in [7, 11) is 0. The molecule has 1 heterocycles. The van der Waals surface area contributed by atoms with Gasteiger partial charge in [0.1, 0.15) is 3.57 Å². The average molecular weight is 336 g/mol. The standard InChI is InChI=1S/C13H9IN2O/c14-11-12(17-16-13(11)15)10-6-5-8-3-1-2-4-9(8)7-10/h1-7H,(H2,15,16). The summed E-state index contributed by atoms with van der Waals surface area (Å²) in [5, 5.41) is 6.15. The van der Waals surface area contributed by atoms with E-state index in [1.807, 2.05) is 18.2 Å². The molecule has 1 aromatic heterocycles. The molecule has 0 fully saturated rings. The number of nitrogens with two attached hydrogens (primary N) is 1. The van der Waals surface area contributed by atoms with E-state index in [4.69, 9.17) is 10.3 Å². The van der Waals surface area contributed by atoms with Gasteiger partial charge in [0.15, 0.2) is 11.6 Å². The molecule has 0 aliphatic rings. The number of benzene rings is 2. The van der Waals surface area contributed by atoms with Crippen molar-refractivity contribution in [2.45, 2.75) is 0 Å². The first-order chi connectivity index (χ1) is 8.25. The summed E-state index contributed by atoms with van der Waals surface area (Å²) in [6, 6.07) is 14.4. The Morgan fingerprint density at radius 3 is 2.53 bits per heavy atom. The molecule has 0 amide bonds. The van der Waals surface area contributed by atoms with Crippen LogP contribution in [0.5, 0.6) is 0 Å². The van der Waals surface area contributed by atoms with Crippen molar-refractivity contribution in [3.63, 3.8) is 0 Å². The molecule has 2 aromatic carbocycles. The third-order valence-corrected chi connectivity index (χ3v) is 3.71. The minimum absolute atomic E-state index is 0.439. The van der Waals surface area contributed by atoms with E-state index in [0.717, 1.165) is 14.9 Å². The average Bonchev–Trinajstić information content (AvgIpc) is 2.70. The van der Waals surface area contributed by atoms with Crippen molar-refractivity contribution < 1.29 is 4.52 Å². The normalized spacial score (nSPS) is 10.9. The Hall–Kier alpha value is -1.56. The lowest BCUT2D eigenvalue weighted by Crippen LogP contribution is -1.86. The molecule has 3 nitrogen and oxygen atoms in total. The fourth-order valence-corrected chi connectivity index (χ4v) is 2.31. The van der Waals surface area contributed by atoms with Crippen LogP contribution in [0.1, 0.15) is 0 Å². The van der Waals surface area contributed by atoms with Crippen LogP contribution in [0.2, 0.25) is 0 Å². The number of fused-ring (bicyclic) bond motifs is 1. The second kappa shape index (κ2) is 4.03. The van der Waals surface area contributed by atoms with Gasteiger partial charge in [-0.15, -0.1) is 0 Å². The molecule has 84 valence electrons. The highest BCUT2D eigenvalue weighted by Gasteiger charge is 2.12. The van der Waals surface area contributed by atoms with E-state index in [9.17, 15) is 0 Å². The van der Waals surface area contributed by atoms with Crippen molar-refractivity contribution >= 4 is 39.2 Å². The van der Waals surface area contributed by atoms with E-state index in [2.05, 4.69) is 52.0 Å². The highest BCUT2D eigenvalue weighted by atomic mass is 127. The lowest BCUT2D eigenvalue weighted by atomic mass is 10.1. The van der Waals surface area contributed by atoms with Gasteiger partial charge < -0.3 is 10.3 Å². The van der Waals surface area contributed by atoms with Crippen LogP contribution < -0.4 is 5.73 Å². The molecule has 0 saturated heterocycles. The van der Waals surface area contributed by atoms with Gasteiger partial charge >= 0.3 is 0 Å². The summed E-state index contributed by atoms with van der Waals surface area (Å²) < 4.78 is 6.11. The molecule has 17 heavy (non-hydrogen) atoms. The summed E-state index contributed by atoms with van der Waals surface area (Å²) in [6.45, 7) is 0. The first kappa shape index (κ1) is 10.6. The first-order valence-corrected chi connectivity index (χ1v) is 6.23. The van der Waals surface area contributed by atoms with Crippen LogP contribution in [0, 0.1) is 3.57 Å². The Morgan fingerprint density at radius 1 is 1.06 bits per heavy atom. The number of hydrogen-bond acceptors (Lipinski definition) is 3. The SMILES string of the molecule is Nc1noc(-c2ccc3ccccc3c2)c1I. The van der Waals surface area contributed by atoms with Gasteiger partial charge in [0, 0.05) is 5.56 Å². The number of nitrogens with zero attached hydrogens (tertiary/aromatic N) is 1. The van der Waals surface area contributed by atoms with Gasteiger partial charge in [0.25, 0.3) is 0 Å². The Morgan fingerprint density at radius 2 is 1.82 bits per heavy atom. The maximum absolute atomic E-state index is 5.68. The molecular formula is C13H9IN2O. The molecule has 2 N–H and O–H groups in total. The molecule has 0 radical (unpaired) electrons. The summed E-state index contributed by atoms with van der Waals surface area (Å²) in [5.74, 6) is 1.17. The number of hydrogen-bond donors (Lipinski definition) is 1. The summed E-state index contributed by atoms with van der Waals surface area (Å²) in [6.07, 6.45) is 0. The monoisotopic (exact) mass is 336 g/mol. The van der Waals surface area contributed by atoms with E-state index in [1.165, 1.54) is 10.8 Å². The van der Waals surface area contributed by atoms with Crippen LogP contribution in [0.15, 0.2) is 47.0 Å². The van der Waals surface area contributed by atoms with Gasteiger partial charge in [0.2, 0.25) is 0 Å². The van der Waals surface area contributed by atoms with Crippen molar-refractivity contribution in [1.82, 2.24) is 5.16 Å². The Kier molecular flexibility index (Phi) is 2.51. The largest absolute Gasteiger partial charge is 0.380 e. The molecule has 3 aromatic rings. The Bertz CT molecular complexity index is 691. The van der Waals surface area contributed by atoms with Crippen molar-refractivity contribution in [2.75, 3.05) is 5.73 Å². The Labute approximate surface area is 112 Å². The number of anilines is 1. The molecule has 0 atom stereocenters. The fourth-order valence-electron chi connectivity index (χ4n) is 1.80. The topological polar surface area (TPSA) is 52.0 Å². The van der Waals surface area contributed by atoms with Crippen LogP contribution in [-0.4, -0.2) is 5.16 Å². The predicted octanol–water partition coefficient (Wildman–Crippen LogP) is 3.68. The molecule has 0 aliphatic heterocycles. The highest BCUT2D eigenvalue weighted by molar-refractivity contribution is 14.1. The minimum atomic E-state index is 0.439. The van der Waals surface area contributed by atoms with Gasteiger partial charge in [-0.1, -0.05) is 41.6 Å². The number of halogens is 1.